The third-order valence-electron chi connectivity index (χ3n) is 0.105. The van der Waals surface area contributed by atoms with E-state index < -0.39 is 10.1 Å². The Kier molecular flexibility index (Phi) is 1.26. The van der Waals surface area contributed by atoms with Gasteiger partial charge in [-0.3, -0.25) is 9.35 Å². The maximum Gasteiger partial charge on any atom is 0.357 e. The number of hydrogen-bond acceptors (Lipinski definition) is 3. The summed E-state index contributed by atoms with van der Waals surface area (Å²) in [6, 6.07) is 0. The lowest BCUT2D eigenvalue weighted by atomic mass is 11.8. The van der Waals surface area contributed by atoms with Crippen LogP contribution in [0.1, 0.15) is 0 Å². The first kappa shape index (κ1) is 5.58. The molecule has 0 rings (SSSR count). The summed E-state index contributed by atoms with van der Waals surface area (Å²) in [6.45, 7) is 0. The van der Waals surface area contributed by atoms with Crippen molar-refractivity contribution in [2.24, 2.45) is 0 Å². The SMILES string of the molecule is O=[C]S(=O)(=O)O. The summed E-state index contributed by atoms with van der Waals surface area (Å²) in [4.78, 5) is 8.86. The summed E-state index contributed by atoms with van der Waals surface area (Å²) in [7, 11) is -4.47. The summed E-state index contributed by atoms with van der Waals surface area (Å²) in [5.41, 5.74) is 0.382. The van der Waals surface area contributed by atoms with E-state index in [-0.39, 0.29) is 0 Å². The second-order valence-corrected chi connectivity index (χ2v) is 1.68. The Morgan fingerprint density at radius 1 is 1.50 bits per heavy atom. The Hall–Kier alpha value is -0.420. The molecule has 0 aromatic rings. The molecule has 0 spiro atoms. The predicted molar refractivity (Wildman–Crippen MR) is 17.2 cm³/mol. The highest BCUT2D eigenvalue weighted by Crippen LogP contribution is 1.64. The Bertz CT molecular complexity index is 118. The minimum absolute atomic E-state index is 0.382. The maximum atomic E-state index is 9.13. The van der Waals surface area contributed by atoms with Crippen LogP contribution in [0.5, 0.6) is 0 Å². The second kappa shape index (κ2) is 1.36. The van der Waals surface area contributed by atoms with Crippen LogP contribution >= 0.6 is 0 Å². The molecule has 1 radical (unpaired) electrons. The lowest BCUT2D eigenvalue weighted by Crippen LogP contribution is -1.94. The van der Waals surface area contributed by atoms with Crippen molar-refractivity contribution >= 4 is 15.7 Å². The van der Waals surface area contributed by atoms with Gasteiger partial charge in [0.25, 0.3) is 0 Å². The van der Waals surface area contributed by atoms with Crippen LogP contribution < -0.4 is 0 Å². The third-order valence-corrected chi connectivity index (χ3v) is 0.316. The van der Waals surface area contributed by atoms with Crippen LogP contribution in [0.15, 0.2) is 0 Å². The number of hydrogen-bond donors (Lipinski definition) is 1. The smallest absolute Gasteiger partial charge is 0.279 e. The fraction of sp³-hybridized carbons (Fsp3) is 0. The van der Waals surface area contributed by atoms with E-state index in [0.29, 0.717) is 5.62 Å². The molecule has 0 bridgehead atoms. The van der Waals surface area contributed by atoms with Crippen LogP contribution in [0.25, 0.3) is 0 Å². The van der Waals surface area contributed by atoms with Gasteiger partial charge in [-0.25, -0.2) is 0 Å². The Balaban J connectivity index is 4.25. The highest BCUT2D eigenvalue weighted by molar-refractivity contribution is 7.99. The first-order valence-corrected chi connectivity index (χ1v) is 2.36. The van der Waals surface area contributed by atoms with Gasteiger partial charge in [-0.15, -0.1) is 0 Å². The molecule has 0 saturated heterocycles. The normalized spacial score (nSPS) is 10.8. The summed E-state index contributed by atoms with van der Waals surface area (Å²) in [5, 5.41) is 0. The van der Waals surface area contributed by atoms with Gasteiger partial charge in [0.05, 0.1) is 0 Å². The standard InChI is InChI=1S/CHO4S/c2-1-6(3,4)5/h(H,3,4,5). The zero-order valence-electron chi connectivity index (χ0n) is 2.58. The van der Waals surface area contributed by atoms with Gasteiger partial charge in [0.15, 0.2) is 0 Å². The van der Waals surface area contributed by atoms with Gasteiger partial charge >= 0.3 is 15.7 Å². The number of rotatable bonds is 1. The van der Waals surface area contributed by atoms with Crippen molar-refractivity contribution in [1.82, 2.24) is 0 Å². The Morgan fingerprint density at radius 2 is 1.67 bits per heavy atom. The molecule has 0 saturated carbocycles. The molecule has 6 heavy (non-hydrogen) atoms. The van der Waals surface area contributed by atoms with Gasteiger partial charge in [0.2, 0.25) is 0 Å². The highest BCUT2D eigenvalue weighted by Gasteiger charge is 1.97. The van der Waals surface area contributed by atoms with Gasteiger partial charge in [-0.05, 0) is 0 Å². The lowest BCUT2D eigenvalue weighted by Gasteiger charge is -1.66. The fourth-order valence-corrected chi connectivity index (χ4v) is 0. The lowest BCUT2D eigenvalue weighted by molar-refractivity contribution is 0.487. The van der Waals surface area contributed by atoms with Crippen molar-refractivity contribution in [3.8, 4) is 0 Å². The molecule has 5 heteroatoms. The summed E-state index contributed by atoms with van der Waals surface area (Å²) >= 11 is 0. The van der Waals surface area contributed by atoms with Gasteiger partial charge in [-0.1, -0.05) is 0 Å². The molecule has 1 N–H and O–H groups in total. The molecule has 0 aliphatic carbocycles. The first-order valence-electron chi connectivity index (χ1n) is 0.924. The summed E-state index contributed by atoms with van der Waals surface area (Å²) in [6.07, 6.45) is 0. The zero-order valence-corrected chi connectivity index (χ0v) is 3.40. The van der Waals surface area contributed by atoms with Crippen molar-refractivity contribution in [3.05, 3.63) is 0 Å². The average molecular weight is 109 g/mol. The van der Waals surface area contributed by atoms with Gasteiger partial charge in [0, 0.05) is 0 Å². The largest absolute Gasteiger partial charge is 0.357 e. The topological polar surface area (TPSA) is 71.4 Å². The minimum Gasteiger partial charge on any atom is -0.279 e. The molecular formula is CHO4S. The van der Waals surface area contributed by atoms with E-state index in [1.165, 1.54) is 0 Å². The van der Waals surface area contributed by atoms with E-state index in [0.717, 1.165) is 0 Å². The molecule has 0 aromatic carbocycles. The quantitative estimate of drug-likeness (QED) is 0.436. The van der Waals surface area contributed by atoms with E-state index in [9.17, 15) is 0 Å². The molecular weight excluding hydrogens is 108 g/mol. The van der Waals surface area contributed by atoms with Crippen molar-refractivity contribution in [3.63, 3.8) is 0 Å². The minimum atomic E-state index is -4.47. The van der Waals surface area contributed by atoms with Gasteiger partial charge < -0.3 is 0 Å². The molecule has 0 fully saturated rings. The Labute approximate surface area is 34.5 Å². The fourth-order valence-electron chi connectivity index (χ4n) is 0. The van der Waals surface area contributed by atoms with Crippen molar-refractivity contribution in [1.29, 1.82) is 0 Å². The summed E-state index contributed by atoms with van der Waals surface area (Å²) in [5.74, 6) is 0. The van der Waals surface area contributed by atoms with Gasteiger partial charge in [-0.2, -0.15) is 8.42 Å². The molecule has 0 heterocycles. The molecule has 0 aliphatic rings. The van der Waals surface area contributed by atoms with Crippen LogP contribution in [0.3, 0.4) is 0 Å². The molecule has 0 unspecified atom stereocenters. The maximum absolute atomic E-state index is 9.13. The van der Waals surface area contributed by atoms with Crippen LogP contribution in [-0.2, 0) is 14.9 Å². The van der Waals surface area contributed by atoms with Gasteiger partial charge in [0.1, 0.15) is 0 Å². The monoisotopic (exact) mass is 109 g/mol. The van der Waals surface area contributed by atoms with E-state index >= 15 is 0 Å². The molecule has 0 aromatic heterocycles. The predicted octanol–water partition coefficient (Wildman–Crippen LogP) is -1.06. The molecule has 4 nitrogen and oxygen atoms in total. The zero-order chi connectivity index (χ0) is 5.21. The van der Waals surface area contributed by atoms with E-state index in [4.69, 9.17) is 17.8 Å². The van der Waals surface area contributed by atoms with Crippen LogP contribution in [0.2, 0.25) is 0 Å². The molecule has 35 valence electrons. The van der Waals surface area contributed by atoms with Crippen LogP contribution in [-0.4, -0.2) is 18.6 Å². The number of carbonyl (C=O) groups excluding carboxylic acids is 1. The highest BCUT2D eigenvalue weighted by atomic mass is 32.2. The first-order chi connectivity index (χ1) is 2.56. The van der Waals surface area contributed by atoms with Crippen molar-refractivity contribution in [2.75, 3.05) is 0 Å². The van der Waals surface area contributed by atoms with E-state index in [1.54, 1.807) is 0 Å². The molecule has 0 aliphatic heterocycles. The molecule has 0 atom stereocenters. The average Bonchev–Trinajstić information content (AvgIpc) is 1.35. The van der Waals surface area contributed by atoms with Crippen LogP contribution in [0, 0.1) is 0 Å². The van der Waals surface area contributed by atoms with Crippen molar-refractivity contribution in [2.45, 2.75) is 0 Å². The Morgan fingerprint density at radius 3 is 1.67 bits per heavy atom. The third kappa shape index (κ3) is 3.58. The van der Waals surface area contributed by atoms with Crippen LogP contribution in [0.4, 0.5) is 0 Å². The molecule has 0 amide bonds. The van der Waals surface area contributed by atoms with E-state index in [1.807, 2.05) is 0 Å². The second-order valence-electron chi connectivity index (χ2n) is 0.558. The van der Waals surface area contributed by atoms with E-state index in [2.05, 4.69) is 0 Å². The van der Waals surface area contributed by atoms with Crippen molar-refractivity contribution < 1.29 is 17.8 Å². The summed E-state index contributed by atoms with van der Waals surface area (Å²) < 4.78 is 25.6.